The second-order valence-electron chi connectivity index (χ2n) is 4.70. The maximum absolute atomic E-state index is 13.8. The van der Waals surface area contributed by atoms with Gasteiger partial charge in [-0.2, -0.15) is 11.8 Å². The van der Waals surface area contributed by atoms with E-state index in [9.17, 15) is 12.8 Å². The number of hydrogen-bond donors (Lipinski definition) is 2. The van der Waals surface area contributed by atoms with Crippen LogP contribution in [0.5, 0.6) is 0 Å². The SMILES string of the molecule is CSC1CCC(Nc2ccc(S(N)(=O)=O)cc2F)C1. The number of benzene rings is 1. The topological polar surface area (TPSA) is 72.2 Å². The molecule has 0 aromatic heterocycles. The molecule has 3 N–H and O–H groups in total. The summed E-state index contributed by atoms with van der Waals surface area (Å²) in [7, 11) is -3.85. The fraction of sp³-hybridized carbons (Fsp3) is 0.500. The number of rotatable bonds is 4. The number of sulfonamides is 1. The minimum Gasteiger partial charge on any atom is -0.380 e. The number of halogens is 1. The van der Waals surface area contributed by atoms with Gasteiger partial charge in [-0.05, 0) is 43.7 Å². The van der Waals surface area contributed by atoms with E-state index in [1.54, 1.807) is 0 Å². The molecule has 2 atom stereocenters. The Morgan fingerprint density at radius 2 is 2.16 bits per heavy atom. The van der Waals surface area contributed by atoms with Crippen molar-refractivity contribution in [2.24, 2.45) is 5.14 Å². The predicted molar refractivity (Wildman–Crippen MR) is 76.3 cm³/mol. The normalized spacial score (nSPS) is 23.5. The van der Waals surface area contributed by atoms with Gasteiger partial charge in [0.2, 0.25) is 10.0 Å². The molecule has 1 fully saturated rings. The average Bonchev–Trinajstić information content (AvgIpc) is 2.78. The summed E-state index contributed by atoms with van der Waals surface area (Å²) in [6.45, 7) is 0. The number of anilines is 1. The van der Waals surface area contributed by atoms with Crippen LogP contribution in [-0.4, -0.2) is 26.0 Å². The molecule has 0 amide bonds. The van der Waals surface area contributed by atoms with Crippen LogP contribution in [0.4, 0.5) is 10.1 Å². The third kappa shape index (κ3) is 3.61. The van der Waals surface area contributed by atoms with Crippen LogP contribution in [0.2, 0.25) is 0 Å². The molecule has 0 spiro atoms. The largest absolute Gasteiger partial charge is 0.380 e. The first-order valence-corrected chi connectivity index (χ1v) is 8.85. The maximum atomic E-state index is 13.8. The van der Waals surface area contributed by atoms with E-state index in [1.807, 2.05) is 11.8 Å². The van der Waals surface area contributed by atoms with Crippen LogP contribution >= 0.6 is 11.8 Å². The Morgan fingerprint density at radius 1 is 1.42 bits per heavy atom. The van der Waals surface area contributed by atoms with Crippen molar-refractivity contribution in [3.8, 4) is 0 Å². The molecule has 0 heterocycles. The van der Waals surface area contributed by atoms with Gasteiger partial charge in [0.25, 0.3) is 0 Å². The van der Waals surface area contributed by atoms with E-state index in [0.29, 0.717) is 10.9 Å². The van der Waals surface area contributed by atoms with E-state index in [2.05, 4.69) is 11.6 Å². The lowest BCUT2D eigenvalue weighted by Crippen LogP contribution is -2.17. The van der Waals surface area contributed by atoms with Gasteiger partial charge in [-0.3, -0.25) is 0 Å². The van der Waals surface area contributed by atoms with Crippen molar-refractivity contribution in [2.75, 3.05) is 11.6 Å². The Labute approximate surface area is 117 Å². The quantitative estimate of drug-likeness (QED) is 0.894. The van der Waals surface area contributed by atoms with Crippen molar-refractivity contribution in [3.05, 3.63) is 24.0 Å². The minimum absolute atomic E-state index is 0.205. The van der Waals surface area contributed by atoms with Gasteiger partial charge in [0.1, 0.15) is 5.82 Å². The minimum atomic E-state index is -3.85. The Hall–Kier alpha value is -0.790. The molecule has 1 aliphatic rings. The summed E-state index contributed by atoms with van der Waals surface area (Å²) in [6.07, 6.45) is 5.20. The van der Waals surface area contributed by atoms with Crippen LogP contribution in [0.3, 0.4) is 0 Å². The van der Waals surface area contributed by atoms with Gasteiger partial charge in [-0.25, -0.2) is 17.9 Å². The molecule has 2 rings (SSSR count). The number of hydrogen-bond acceptors (Lipinski definition) is 4. The first kappa shape index (κ1) is 14.6. The van der Waals surface area contributed by atoms with Crippen molar-refractivity contribution < 1.29 is 12.8 Å². The molecule has 4 nitrogen and oxygen atoms in total. The highest BCUT2D eigenvalue weighted by Gasteiger charge is 2.24. The van der Waals surface area contributed by atoms with Gasteiger partial charge in [0.15, 0.2) is 0 Å². The Bertz CT molecular complexity index is 563. The second-order valence-corrected chi connectivity index (χ2v) is 7.40. The number of nitrogens with two attached hydrogens (primary N) is 1. The van der Waals surface area contributed by atoms with Crippen molar-refractivity contribution in [1.29, 1.82) is 0 Å². The van der Waals surface area contributed by atoms with E-state index in [4.69, 9.17) is 5.14 Å². The molecule has 0 aliphatic heterocycles. The zero-order chi connectivity index (χ0) is 14.0. The molecular weight excluding hydrogens is 287 g/mol. The molecule has 2 unspecified atom stereocenters. The first-order chi connectivity index (χ1) is 8.90. The highest BCUT2D eigenvalue weighted by Crippen LogP contribution is 2.31. The Morgan fingerprint density at radius 3 is 2.68 bits per heavy atom. The molecule has 7 heteroatoms. The van der Waals surface area contributed by atoms with Gasteiger partial charge >= 0.3 is 0 Å². The van der Waals surface area contributed by atoms with E-state index in [0.717, 1.165) is 25.3 Å². The predicted octanol–water partition coefficient (Wildman–Crippen LogP) is 2.17. The summed E-state index contributed by atoms with van der Waals surface area (Å²) in [5, 5.41) is 8.70. The molecule has 1 aromatic rings. The monoisotopic (exact) mass is 304 g/mol. The molecule has 0 bridgehead atoms. The molecule has 0 radical (unpaired) electrons. The van der Waals surface area contributed by atoms with Crippen LogP contribution < -0.4 is 10.5 Å². The molecule has 0 saturated heterocycles. The van der Waals surface area contributed by atoms with E-state index in [-0.39, 0.29) is 10.9 Å². The van der Waals surface area contributed by atoms with Crippen LogP contribution in [0.25, 0.3) is 0 Å². The highest BCUT2D eigenvalue weighted by atomic mass is 32.2. The molecule has 106 valence electrons. The molecule has 1 aliphatic carbocycles. The highest BCUT2D eigenvalue weighted by molar-refractivity contribution is 7.99. The summed E-state index contributed by atoms with van der Waals surface area (Å²) in [6, 6.07) is 3.95. The molecular formula is C12H17FN2O2S2. The Kier molecular flexibility index (Phi) is 4.37. The fourth-order valence-electron chi connectivity index (χ4n) is 2.30. The summed E-state index contributed by atoms with van der Waals surface area (Å²) in [5.41, 5.74) is 0.333. The summed E-state index contributed by atoms with van der Waals surface area (Å²) in [4.78, 5) is -0.205. The van der Waals surface area contributed by atoms with Crippen LogP contribution in [0.1, 0.15) is 19.3 Å². The van der Waals surface area contributed by atoms with Gasteiger partial charge in [0, 0.05) is 11.3 Å². The average molecular weight is 304 g/mol. The summed E-state index contributed by atoms with van der Waals surface area (Å²) >= 11 is 1.83. The van der Waals surface area contributed by atoms with Crippen molar-refractivity contribution in [1.82, 2.24) is 0 Å². The van der Waals surface area contributed by atoms with Crippen LogP contribution in [0, 0.1) is 5.82 Å². The van der Waals surface area contributed by atoms with Gasteiger partial charge in [-0.15, -0.1) is 0 Å². The third-order valence-electron chi connectivity index (χ3n) is 3.35. The maximum Gasteiger partial charge on any atom is 0.238 e. The van der Waals surface area contributed by atoms with Crippen molar-refractivity contribution in [2.45, 2.75) is 35.4 Å². The fourth-order valence-corrected chi connectivity index (χ4v) is 3.62. The number of thioether (sulfide) groups is 1. The van der Waals surface area contributed by atoms with Crippen molar-refractivity contribution in [3.63, 3.8) is 0 Å². The first-order valence-electron chi connectivity index (χ1n) is 6.02. The molecule has 1 saturated carbocycles. The van der Waals surface area contributed by atoms with E-state index in [1.165, 1.54) is 12.1 Å². The third-order valence-corrected chi connectivity index (χ3v) is 5.35. The Balaban J connectivity index is 2.10. The molecule has 19 heavy (non-hydrogen) atoms. The summed E-state index contributed by atoms with van der Waals surface area (Å²) < 4.78 is 36.0. The van der Waals surface area contributed by atoms with Gasteiger partial charge < -0.3 is 5.32 Å². The van der Waals surface area contributed by atoms with E-state index < -0.39 is 15.8 Å². The van der Waals surface area contributed by atoms with Gasteiger partial charge in [0.05, 0.1) is 10.6 Å². The number of primary sulfonamides is 1. The van der Waals surface area contributed by atoms with Crippen LogP contribution in [0.15, 0.2) is 23.1 Å². The second kappa shape index (κ2) is 5.68. The van der Waals surface area contributed by atoms with Crippen molar-refractivity contribution >= 4 is 27.5 Å². The van der Waals surface area contributed by atoms with Crippen LogP contribution in [-0.2, 0) is 10.0 Å². The van der Waals surface area contributed by atoms with Gasteiger partial charge in [-0.1, -0.05) is 0 Å². The summed E-state index contributed by atoms with van der Waals surface area (Å²) in [5.74, 6) is -0.584. The lowest BCUT2D eigenvalue weighted by Gasteiger charge is -2.15. The lowest BCUT2D eigenvalue weighted by atomic mass is 10.2. The number of nitrogens with one attached hydrogen (secondary N) is 1. The lowest BCUT2D eigenvalue weighted by molar-refractivity contribution is 0.592. The standard InChI is InChI=1S/C12H17FN2O2S2/c1-18-9-3-2-8(6-9)15-12-5-4-10(7-11(12)13)19(14,16)17/h4-5,7-9,15H,2-3,6H2,1H3,(H2,14,16,17). The smallest absolute Gasteiger partial charge is 0.238 e. The van der Waals surface area contributed by atoms with E-state index >= 15 is 0 Å². The zero-order valence-electron chi connectivity index (χ0n) is 10.6. The molecule has 1 aromatic carbocycles. The zero-order valence-corrected chi connectivity index (χ0v) is 12.2.